The fourth-order valence-corrected chi connectivity index (χ4v) is 5.09. The fourth-order valence-electron chi connectivity index (χ4n) is 3.49. The normalized spacial score (nSPS) is 44.8. The zero-order chi connectivity index (χ0) is 9.31. The molecule has 1 aliphatic carbocycles. The van der Waals surface area contributed by atoms with Crippen molar-refractivity contribution in [3.05, 3.63) is 0 Å². The number of hydrogen-bond acceptors (Lipinski definition) is 1. The third-order valence-electron chi connectivity index (χ3n) is 4.38. The largest absolute Gasteiger partial charge is 0.161 e. The van der Waals surface area contributed by atoms with Crippen molar-refractivity contribution in [1.29, 1.82) is 0 Å². The average Bonchev–Trinajstić information content (AvgIpc) is 2.74. The molecule has 0 amide bonds. The van der Waals surface area contributed by atoms with E-state index in [9.17, 15) is 0 Å². The lowest BCUT2D eigenvalue weighted by Crippen LogP contribution is -2.24. The maximum atomic E-state index is 2.40. The molecule has 13 heavy (non-hydrogen) atoms. The summed E-state index contributed by atoms with van der Waals surface area (Å²) in [5.74, 6) is 5.03. The summed E-state index contributed by atoms with van der Waals surface area (Å²) in [4.78, 5) is 0. The first-order chi connectivity index (χ1) is 6.30. The van der Waals surface area contributed by atoms with Crippen LogP contribution in [0.5, 0.6) is 0 Å². The van der Waals surface area contributed by atoms with E-state index in [4.69, 9.17) is 0 Å². The van der Waals surface area contributed by atoms with Crippen molar-refractivity contribution in [3.8, 4) is 0 Å². The van der Waals surface area contributed by atoms with Gasteiger partial charge in [-0.2, -0.15) is 11.8 Å². The van der Waals surface area contributed by atoms with Crippen LogP contribution in [0.25, 0.3) is 0 Å². The minimum Gasteiger partial charge on any atom is -0.161 e. The molecule has 0 aromatic rings. The van der Waals surface area contributed by atoms with Crippen molar-refractivity contribution < 1.29 is 0 Å². The Bertz CT molecular complexity index is 170. The first-order valence-electron chi connectivity index (χ1n) is 5.88. The lowest BCUT2D eigenvalue weighted by molar-refractivity contribution is 0.230. The Morgan fingerprint density at radius 2 is 2.15 bits per heavy atom. The maximum Gasteiger partial charge on any atom is -0.000775 e. The Labute approximate surface area is 86.9 Å². The SMILES string of the molecule is CCC1CC(CC)C2(CCSC2)C1. The molecule has 0 aromatic heterocycles. The van der Waals surface area contributed by atoms with E-state index in [2.05, 4.69) is 25.6 Å². The standard InChI is InChI=1S/C12H22S/c1-3-10-7-11(4-2)12(8-10)5-6-13-9-12/h10-11H,3-9H2,1-2H3. The topological polar surface area (TPSA) is 0 Å². The molecule has 76 valence electrons. The summed E-state index contributed by atoms with van der Waals surface area (Å²) in [5.41, 5.74) is 0.792. The van der Waals surface area contributed by atoms with Crippen molar-refractivity contribution in [2.75, 3.05) is 11.5 Å². The van der Waals surface area contributed by atoms with Crippen molar-refractivity contribution in [1.82, 2.24) is 0 Å². The minimum atomic E-state index is 0.792. The van der Waals surface area contributed by atoms with Crippen molar-refractivity contribution in [2.45, 2.75) is 46.0 Å². The van der Waals surface area contributed by atoms with Gasteiger partial charge in [-0.3, -0.25) is 0 Å². The molecule has 1 spiro atoms. The molecule has 3 atom stereocenters. The summed E-state index contributed by atoms with van der Waals surface area (Å²) in [6.07, 6.45) is 7.45. The van der Waals surface area contributed by atoms with Gasteiger partial charge in [0.2, 0.25) is 0 Å². The van der Waals surface area contributed by atoms with Crippen LogP contribution in [-0.2, 0) is 0 Å². The molecule has 2 fully saturated rings. The Balaban J connectivity index is 2.08. The summed E-state index contributed by atoms with van der Waals surface area (Å²) < 4.78 is 0. The van der Waals surface area contributed by atoms with Crippen LogP contribution in [0.15, 0.2) is 0 Å². The second-order valence-electron chi connectivity index (χ2n) is 4.98. The Morgan fingerprint density at radius 3 is 2.69 bits per heavy atom. The molecule has 1 aliphatic heterocycles. The van der Waals surface area contributed by atoms with E-state index in [0.717, 1.165) is 17.3 Å². The molecule has 0 nitrogen and oxygen atoms in total. The van der Waals surface area contributed by atoms with Gasteiger partial charge in [0, 0.05) is 0 Å². The average molecular weight is 198 g/mol. The molecule has 0 bridgehead atoms. The van der Waals surface area contributed by atoms with Crippen LogP contribution in [0, 0.1) is 17.3 Å². The van der Waals surface area contributed by atoms with Gasteiger partial charge < -0.3 is 0 Å². The number of thioether (sulfide) groups is 1. The van der Waals surface area contributed by atoms with Crippen molar-refractivity contribution in [2.24, 2.45) is 17.3 Å². The molecule has 1 heteroatoms. The van der Waals surface area contributed by atoms with Crippen LogP contribution < -0.4 is 0 Å². The van der Waals surface area contributed by atoms with E-state index in [1.54, 1.807) is 6.42 Å². The van der Waals surface area contributed by atoms with E-state index in [0.29, 0.717) is 0 Å². The second kappa shape index (κ2) is 3.84. The molecular weight excluding hydrogens is 176 g/mol. The van der Waals surface area contributed by atoms with Gasteiger partial charge in [0.25, 0.3) is 0 Å². The number of hydrogen-bond donors (Lipinski definition) is 0. The molecular formula is C12H22S. The minimum absolute atomic E-state index is 0.792. The van der Waals surface area contributed by atoms with Crippen LogP contribution in [0.1, 0.15) is 46.0 Å². The van der Waals surface area contributed by atoms with Crippen molar-refractivity contribution in [3.63, 3.8) is 0 Å². The molecule has 1 heterocycles. The van der Waals surface area contributed by atoms with Gasteiger partial charge in [-0.15, -0.1) is 0 Å². The van der Waals surface area contributed by atoms with Gasteiger partial charge in [0.15, 0.2) is 0 Å². The third-order valence-corrected chi connectivity index (χ3v) is 5.65. The van der Waals surface area contributed by atoms with E-state index in [1.165, 1.54) is 37.2 Å². The lowest BCUT2D eigenvalue weighted by atomic mass is 9.76. The highest BCUT2D eigenvalue weighted by Crippen LogP contribution is 2.56. The van der Waals surface area contributed by atoms with E-state index >= 15 is 0 Å². The first-order valence-corrected chi connectivity index (χ1v) is 7.04. The Hall–Kier alpha value is 0.350. The van der Waals surface area contributed by atoms with E-state index < -0.39 is 0 Å². The molecule has 2 aliphatic rings. The highest BCUT2D eigenvalue weighted by Gasteiger charge is 2.47. The molecule has 0 N–H and O–H groups in total. The van der Waals surface area contributed by atoms with Crippen LogP contribution in [0.3, 0.4) is 0 Å². The predicted molar refractivity (Wildman–Crippen MR) is 61.2 cm³/mol. The quantitative estimate of drug-likeness (QED) is 0.647. The fraction of sp³-hybridized carbons (Fsp3) is 1.00. The summed E-state index contributed by atoms with van der Waals surface area (Å²) in [5, 5.41) is 0. The second-order valence-corrected chi connectivity index (χ2v) is 6.09. The van der Waals surface area contributed by atoms with Gasteiger partial charge in [-0.25, -0.2) is 0 Å². The van der Waals surface area contributed by atoms with Gasteiger partial charge in [0.05, 0.1) is 0 Å². The zero-order valence-electron chi connectivity index (χ0n) is 9.01. The van der Waals surface area contributed by atoms with Crippen LogP contribution >= 0.6 is 11.8 Å². The van der Waals surface area contributed by atoms with E-state index in [-0.39, 0.29) is 0 Å². The van der Waals surface area contributed by atoms with Gasteiger partial charge in [0.1, 0.15) is 0 Å². The summed E-state index contributed by atoms with van der Waals surface area (Å²) in [6.45, 7) is 4.77. The monoisotopic (exact) mass is 198 g/mol. The number of rotatable bonds is 2. The Kier molecular flexibility index (Phi) is 2.92. The third kappa shape index (κ3) is 1.65. The first kappa shape index (κ1) is 9.89. The highest BCUT2D eigenvalue weighted by atomic mass is 32.2. The lowest BCUT2D eigenvalue weighted by Gasteiger charge is -2.29. The van der Waals surface area contributed by atoms with E-state index in [1.807, 2.05) is 0 Å². The molecule has 0 radical (unpaired) electrons. The molecule has 3 unspecified atom stereocenters. The summed E-state index contributed by atoms with van der Waals surface area (Å²) in [6, 6.07) is 0. The molecule has 2 rings (SSSR count). The smallest absolute Gasteiger partial charge is 0.000775 e. The molecule has 1 saturated carbocycles. The van der Waals surface area contributed by atoms with Crippen LogP contribution in [0.2, 0.25) is 0 Å². The Morgan fingerprint density at radius 1 is 1.31 bits per heavy atom. The van der Waals surface area contributed by atoms with Crippen LogP contribution in [0.4, 0.5) is 0 Å². The van der Waals surface area contributed by atoms with Gasteiger partial charge in [-0.1, -0.05) is 26.7 Å². The van der Waals surface area contributed by atoms with Gasteiger partial charge in [-0.05, 0) is 48.0 Å². The molecule has 1 saturated heterocycles. The summed E-state index contributed by atoms with van der Waals surface area (Å²) in [7, 11) is 0. The van der Waals surface area contributed by atoms with Gasteiger partial charge >= 0.3 is 0 Å². The maximum absolute atomic E-state index is 2.40. The zero-order valence-corrected chi connectivity index (χ0v) is 9.83. The predicted octanol–water partition coefficient (Wildman–Crippen LogP) is 3.96. The van der Waals surface area contributed by atoms with Crippen LogP contribution in [-0.4, -0.2) is 11.5 Å². The van der Waals surface area contributed by atoms with Crippen molar-refractivity contribution >= 4 is 11.8 Å². The summed E-state index contributed by atoms with van der Waals surface area (Å²) >= 11 is 2.20. The molecule has 0 aromatic carbocycles. The highest BCUT2D eigenvalue weighted by molar-refractivity contribution is 7.99.